The van der Waals surface area contributed by atoms with Crippen LogP contribution in [0.3, 0.4) is 0 Å². The Morgan fingerprint density at radius 2 is 2.04 bits per heavy atom. The Balaban J connectivity index is 1.65. The highest BCUT2D eigenvalue weighted by atomic mass is 32.2. The predicted molar refractivity (Wildman–Crippen MR) is 96.3 cm³/mol. The highest BCUT2D eigenvalue weighted by Gasteiger charge is 2.32. The smallest absolute Gasteiger partial charge is 0.244 e. The van der Waals surface area contributed by atoms with Gasteiger partial charge in [-0.05, 0) is 45.6 Å². The number of aromatic nitrogens is 3. The van der Waals surface area contributed by atoms with Crippen LogP contribution < -0.4 is 0 Å². The highest BCUT2D eigenvalue weighted by Crippen LogP contribution is 2.31. The number of hydrogen-bond acceptors (Lipinski definition) is 6. The molecule has 0 bridgehead atoms. The summed E-state index contributed by atoms with van der Waals surface area (Å²) < 4.78 is 29.2. The lowest BCUT2D eigenvalue weighted by Crippen LogP contribution is -2.39. The van der Waals surface area contributed by atoms with Crippen LogP contribution in [0.2, 0.25) is 0 Å². The summed E-state index contributed by atoms with van der Waals surface area (Å²) in [5.41, 5.74) is 0.869. The van der Waals surface area contributed by atoms with E-state index in [-0.39, 0.29) is 12.6 Å². The fourth-order valence-electron chi connectivity index (χ4n) is 3.22. The van der Waals surface area contributed by atoms with E-state index >= 15 is 0 Å². The van der Waals surface area contributed by atoms with Crippen molar-refractivity contribution < 1.29 is 13.5 Å². The molecule has 3 rings (SSSR count). The molecule has 1 aliphatic heterocycles. The van der Waals surface area contributed by atoms with Crippen LogP contribution in [0, 0.1) is 13.8 Å². The van der Waals surface area contributed by atoms with Crippen molar-refractivity contribution in [1.29, 1.82) is 0 Å². The number of thiophene rings is 1. The van der Waals surface area contributed by atoms with Gasteiger partial charge in [-0.1, -0.05) is 5.21 Å². The number of aliphatic hydroxyl groups is 1. The maximum Gasteiger partial charge on any atom is 0.244 e. The van der Waals surface area contributed by atoms with Crippen LogP contribution in [0.1, 0.15) is 40.8 Å². The Kier molecular flexibility index (Phi) is 5.57. The van der Waals surface area contributed by atoms with Gasteiger partial charge in [-0.3, -0.25) is 0 Å². The minimum Gasteiger partial charge on any atom is -0.396 e. The number of nitrogens with zero attached hydrogens (tertiary/aromatic N) is 4. The molecule has 0 atom stereocenters. The number of rotatable bonds is 6. The van der Waals surface area contributed by atoms with Gasteiger partial charge in [0.05, 0.1) is 16.6 Å². The Morgan fingerprint density at radius 3 is 2.64 bits per heavy atom. The molecule has 1 aliphatic rings. The third kappa shape index (κ3) is 3.94. The molecule has 0 amide bonds. The van der Waals surface area contributed by atoms with Gasteiger partial charge in [0, 0.05) is 35.6 Å². The van der Waals surface area contributed by atoms with Gasteiger partial charge in [0.15, 0.2) is 0 Å². The molecule has 138 valence electrons. The Bertz CT molecular complexity index is 820. The highest BCUT2D eigenvalue weighted by molar-refractivity contribution is 7.89. The van der Waals surface area contributed by atoms with Gasteiger partial charge in [-0.15, -0.1) is 16.4 Å². The van der Waals surface area contributed by atoms with Gasteiger partial charge in [-0.2, -0.15) is 4.31 Å². The molecule has 9 heteroatoms. The lowest BCUT2D eigenvalue weighted by Gasteiger charge is -2.31. The summed E-state index contributed by atoms with van der Waals surface area (Å²) in [5, 5.41) is 17.2. The van der Waals surface area contributed by atoms with Gasteiger partial charge in [0.25, 0.3) is 0 Å². The van der Waals surface area contributed by atoms with E-state index in [1.165, 1.54) is 11.3 Å². The lowest BCUT2D eigenvalue weighted by atomic mass is 10.1. The standard InChI is InChI=1S/C16H24N4O3S2/c1-12-10-16(13(2)24-12)25(22,23)19-7-5-15(6-8-19)20-11-14(17-18-20)4-3-9-21/h10-11,15,21H,3-9H2,1-2H3. The van der Waals surface area contributed by atoms with Crippen LogP contribution in [-0.4, -0.2) is 52.5 Å². The summed E-state index contributed by atoms with van der Waals surface area (Å²) in [7, 11) is -3.41. The SMILES string of the molecule is Cc1cc(S(=O)(=O)N2CCC(n3cc(CCCO)nn3)CC2)c(C)s1. The van der Waals surface area contributed by atoms with Crippen molar-refractivity contribution in [3.63, 3.8) is 0 Å². The van der Waals surface area contributed by atoms with E-state index in [1.54, 1.807) is 10.4 Å². The van der Waals surface area contributed by atoms with E-state index in [0.29, 0.717) is 30.8 Å². The Morgan fingerprint density at radius 1 is 1.32 bits per heavy atom. The van der Waals surface area contributed by atoms with Crippen LogP contribution in [-0.2, 0) is 16.4 Å². The lowest BCUT2D eigenvalue weighted by molar-refractivity contribution is 0.258. The van der Waals surface area contributed by atoms with Gasteiger partial charge in [-0.25, -0.2) is 13.1 Å². The second kappa shape index (κ2) is 7.53. The Labute approximate surface area is 152 Å². The normalized spacial score (nSPS) is 17.2. The zero-order valence-corrected chi connectivity index (χ0v) is 16.2. The zero-order chi connectivity index (χ0) is 18.0. The van der Waals surface area contributed by atoms with Crippen molar-refractivity contribution in [3.05, 3.63) is 27.7 Å². The molecule has 1 N–H and O–H groups in total. The Hall–Kier alpha value is -1.29. The van der Waals surface area contributed by atoms with Crippen LogP contribution in [0.25, 0.3) is 0 Å². The third-order valence-electron chi connectivity index (χ3n) is 4.56. The van der Waals surface area contributed by atoms with E-state index in [4.69, 9.17) is 5.11 Å². The molecule has 0 saturated carbocycles. The number of aryl methyl sites for hydroxylation is 3. The van der Waals surface area contributed by atoms with E-state index < -0.39 is 10.0 Å². The van der Waals surface area contributed by atoms with Crippen molar-refractivity contribution in [2.24, 2.45) is 0 Å². The van der Waals surface area contributed by atoms with Crippen molar-refractivity contribution in [3.8, 4) is 0 Å². The van der Waals surface area contributed by atoms with E-state index in [0.717, 1.165) is 28.3 Å². The fraction of sp³-hybridized carbons (Fsp3) is 0.625. The van der Waals surface area contributed by atoms with Crippen LogP contribution in [0.5, 0.6) is 0 Å². The molecule has 3 heterocycles. The first-order valence-corrected chi connectivity index (χ1v) is 10.8. The predicted octanol–water partition coefficient (Wildman–Crippen LogP) is 1.91. The van der Waals surface area contributed by atoms with Gasteiger partial charge in [0.2, 0.25) is 10.0 Å². The molecule has 7 nitrogen and oxygen atoms in total. The summed E-state index contributed by atoms with van der Waals surface area (Å²) in [6.07, 6.45) is 4.75. The number of sulfonamides is 1. The minimum absolute atomic E-state index is 0.143. The van der Waals surface area contributed by atoms with E-state index in [2.05, 4.69) is 10.3 Å². The van der Waals surface area contributed by atoms with Crippen molar-refractivity contribution >= 4 is 21.4 Å². The van der Waals surface area contributed by atoms with Gasteiger partial charge in [0.1, 0.15) is 0 Å². The first-order chi connectivity index (χ1) is 11.9. The molecular weight excluding hydrogens is 360 g/mol. The van der Waals surface area contributed by atoms with Gasteiger partial charge >= 0.3 is 0 Å². The molecule has 2 aromatic heterocycles. The maximum absolute atomic E-state index is 12.9. The monoisotopic (exact) mass is 384 g/mol. The topological polar surface area (TPSA) is 88.3 Å². The zero-order valence-electron chi connectivity index (χ0n) is 14.6. The van der Waals surface area contributed by atoms with Crippen LogP contribution >= 0.6 is 11.3 Å². The average molecular weight is 385 g/mol. The molecule has 0 radical (unpaired) electrons. The number of piperidine rings is 1. The van der Waals surface area contributed by atoms with E-state index in [1.807, 2.05) is 24.7 Å². The summed E-state index contributed by atoms with van der Waals surface area (Å²) in [6.45, 7) is 4.92. The molecular formula is C16H24N4O3S2. The molecule has 1 fully saturated rings. The quantitative estimate of drug-likeness (QED) is 0.822. The summed E-state index contributed by atoms with van der Waals surface area (Å²) in [5.74, 6) is 0. The van der Waals surface area contributed by atoms with E-state index in [9.17, 15) is 8.42 Å². The summed E-state index contributed by atoms with van der Waals surface area (Å²) in [6, 6.07) is 1.94. The number of aliphatic hydroxyl groups excluding tert-OH is 1. The summed E-state index contributed by atoms with van der Waals surface area (Å²) >= 11 is 1.52. The second-order valence-electron chi connectivity index (χ2n) is 6.43. The molecule has 0 spiro atoms. The van der Waals surface area contributed by atoms with Crippen molar-refractivity contribution in [2.75, 3.05) is 19.7 Å². The molecule has 25 heavy (non-hydrogen) atoms. The molecule has 2 aromatic rings. The first kappa shape index (κ1) is 18.5. The van der Waals surface area contributed by atoms with Crippen LogP contribution in [0.4, 0.5) is 0 Å². The largest absolute Gasteiger partial charge is 0.396 e. The second-order valence-corrected chi connectivity index (χ2v) is 9.80. The van der Waals surface area contributed by atoms with Crippen molar-refractivity contribution in [1.82, 2.24) is 19.3 Å². The molecule has 0 aromatic carbocycles. The average Bonchev–Trinajstić information content (AvgIpc) is 3.19. The van der Waals surface area contributed by atoms with Crippen molar-refractivity contribution in [2.45, 2.75) is 50.5 Å². The van der Waals surface area contributed by atoms with Crippen LogP contribution in [0.15, 0.2) is 17.2 Å². The third-order valence-corrected chi connectivity index (χ3v) is 7.68. The van der Waals surface area contributed by atoms with Gasteiger partial charge < -0.3 is 5.11 Å². The number of hydrogen-bond donors (Lipinski definition) is 1. The minimum atomic E-state index is -3.41. The first-order valence-electron chi connectivity index (χ1n) is 8.50. The summed E-state index contributed by atoms with van der Waals surface area (Å²) in [4.78, 5) is 2.31. The maximum atomic E-state index is 12.9. The molecule has 0 unspecified atom stereocenters. The molecule has 0 aliphatic carbocycles. The molecule has 1 saturated heterocycles. The fourth-order valence-corrected chi connectivity index (χ4v) is 6.21.